The van der Waals surface area contributed by atoms with E-state index in [1.54, 1.807) is 0 Å². The van der Waals surface area contributed by atoms with Gasteiger partial charge in [-0.25, -0.2) is 0 Å². The van der Waals surface area contributed by atoms with Gasteiger partial charge in [0.05, 0.1) is 11.0 Å². The van der Waals surface area contributed by atoms with Crippen molar-refractivity contribution in [3.63, 3.8) is 0 Å². The van der Waals surface area contributed by atoms with Crippen molar-refractivity contribution in [3.05, 3.63) is 47.8 Å². The van der Waals surface area contributed by atoms with Crippen LogP contribution in [0.4, 0.5) is 0 Å². The molecule has 0 N–H and O–H groups in total. The Labute approximate surface area is 132 Å². The van der Waals surface area contributed by atoms with Crippen LogP contribution in [0, 0.1) is 0 Å². The van der Waals surface area contributed by atoms with Crippen LogP contribution in [-0.4, -0.2) is 9.97 Å². The Kier molecular flexibility index (Phi) is 3.24. The molecule has 0 aliphatic heterocycles. The van der Waals surface area contributed by atoms with Gasteiger partial charge in [-0.1, -0.05) is 53.7 Å². The van der Waals surface area contributed by atoms with Crippen LogP contribution in [-0.2, 0) is 10.8 Å². The molecule has 0 aliphatic rings. The molecule has 2 aromatic heterocycles. The van der Waals surface area contributed by atoms with Gasteiger partial charge in [0, 0.05) is 23.2 Å². The first kappa shape index (κ1) is 15.0. The van der Waals surface area contributed by atoms with Crippen molar-refractivity contribution in [2.24, 2.45) is 0 Å². The molecule has 2 nitrogen and oxygen atoms in total. The number of aromatic nitrogens is 2. The Bertz CT molecular complexity index is 776. The molecule has 0 spiro atoms. The zero-order chi connectivity index (χ0) is 16.1. The summed E-state index contributed by atoms with van der Waals surface area (Å²) in [5, 5.41) is 2.42. The van der Waals surface area contributed by atoms with Crippen molar-refractivity contribution in [1.82, 2.24) is 9.97 Å². The van der Waals surface area contributed by atoms with Gasteiger partial charge in [-0.15, -0.1) is 0 Å². The lowest BCUT2D eigenvalue weighted by atomic mass is 9.82. The van der Waals surface area contributed by atoms with Gasteiger partial charge in [0.25, 0.3) is 0 Å². The fourth-order valence-electron chi connectivity index (χ4n) is 3.14. The van der Waals surface area contributed by atoms with Gasteiger partial charge in [-0.05, 0) is 34.1 Å². The minimum Gasteiger partial charge on any atom is -0.254 e. The second kappa shape index (κ2) is 4.77. The number of nitrogens with zero attached hydrogens (tertiary/aromatic N) is 2. The molecule has 1 aromatic carbocycles. The Hall–Kier alpha value is -1.96. The van der Waals surface area contributed by atoms with Gasteiger partial charge in [0.1, 0.15) is 0 Å². The summed E-state index contributed by atoms with van der Waals surface area (Å²) in [6.45, 7) is 13.4. The highest BCUT2D eigenvalue weighted by Gasteiger charge is 2.21. The van der Waals surface area contributed by atoms with Crippen LogP contribution in [0.15, 0.2) is 36.7 Å². The van der Waals surface area contributed by atoms with Crippen molar-refractivity contribution < 1.29 is 0 Å². The fraction of sp³-hybridized carbons (Fsp3) is 0.400. The molecule has 0 atom stereocenters. The highest BCUT2D eigenvalue weighted by Crippen LogP contribution is 2.35. The highest BCUT2D eigenvalue weighted by atomic mass is 14.7. The quantitative estimate of drug-likeness (QED) is 0.520. The molecule has 2 heterocycles. The molecule has 0 radical (unpaired) electrons. The van der Waals surface area contributed by atoms with Crippen molar-refractivity contribution in [3.8, 4) is 0 Å². The van der Waals surface area contributed by atoms with Crippen LogP contribution in [0.3, 0.4) is 0 Å². The number of pyridine rings is 2. The molecule has 0 saturated heterocycles. The summed E-state index contributed by atoms with van der Waals surface area (Å²) in [4.78, 5) is 9.29. The molecule has 2 heteroatoms. The lowest BCUT2D eigenvalue weighted by Crippen LogP contribution is -2.13. The summed E-state index contributed by atoms with van der Waals surface area (Å²) in [5.74, 6) is 0. The standard InChI is InChI=1S/C20H24N2/c1-19(2,3)15-9-11-21-17-13(15)7-8-14-16(20(4,5)6)10-12-22-18(14)17/h7-12H,1-6H3. The SMILES string of the molecule is CC(C)(C)c1ccnc2c1ccc1c(C(C)(C)C)ccnc12. The van der Waals surface area contributed by atoms with Crippen LogP contribution in [0.1, 0.15) is 52.7 Å². The van der Waals surface area contributed by atoms with E-state index in [4.69, 9.17) is 0 Å². The number of rotatable bonds is 0. The maximum atomic E-state index is 4.64. The zero-order valence-corrected chi connectivity index (χ0v) is 14.4. The van der Waals surface area contributed by atoms with Gasteiger partial charge >= 0.3 is 0 Å². The van der Waals surface area contributed by atoms with E-state index in [2.05, 4.69) is 75.8 Å². The normalized spacial score (nSPS) is 13.0. The van der Waals surface area contributed by atoms with E-state index in [9.17, 15) is 0 Å². The third-order valence-corrected chi connectivity index (χ3v) is 4.24. The van der Waals surface area contributed by atoms with E-state index >= 15 is 0 Å². The number of hydrogen-bond acceptors (Lipinski definition) is 2. The topological polar surface area (TPSA) is 25.8 Å². The molecule has 0 saturated carbocycles. The largest absolute Gasteiger partial charge is 0.254 e. The Morgan fingerprint density at radius 3 is 1.27 bits per heavy atom. The Balaban J connectivity index is 2.44. The van der Waals surface area contributed by atoms with Crippen molar-refractivity contribution >= 4 is 21.8 Å². The summed E-state index contributed by atoms with van der Waals surface area (Å²) in [5.41, 5.74) is 4.85. The monoisotopic (exact) mass is 292 g/mol. The lowest BCUT2D eigenvalue weighted by molar-refractivity contribution is 0.594. The molecule has 3 aromatic rings. The van der Waals surface area contributed by atoms with E-state index in [1.165, 1.54) is 21.9 Å². The third-order valence-electron chi connectivity index (χ3n) is 4.24. The van der Waals surface area contributed by atoms with Crippen LogP contribution < -0.4 is 0 Å². The smallest absolute Gasteiger partial charge is 0.0967 e. The molecular formula is C20H24N2. The molecule has 22 heavy (non-hydrogen) atoms. The molecular weight excluding hydrogens is 268 g/mol. The summed E-state index contributed by atoms with van der Waals surface area (Å²) in [7, 11) is 0. The van der Waals surface area contributed by atoms with E-state index in [-0.39, 0.29) is 10.8 Å². The van der Waals surface area contributed by atoms with Gasteiger partial charge in [0.2, 0.25) is 0 Å². The first-order chi connectivity index (χ1) is 10.2. The van der Waals surface area contributed by atoms with E-state index < -0.39 is 0 Å². The molecule has 0 aliphatic carbocycles. The van der Waals surface area contributed by atoms with Gasteiger partial charge < -0.3 is 0 Å². The highest BCUT2D eigenvalue weighted by molar-refractivity contribution is 6.05. The minimum absolute atomic E-state index is 0.0938. The molecule has 0 amide bonds. The van der Waals surface area contributed by atoms with Crippen molar-refractivity contribution in [2.45, 2.75) is 52.4 Å². The maximum Gasteiger partial charge on any atom is 0.0967 e. The fourth-order valence-corrected chi connectivity index (χ4v) is 3.14. The maximum absolute atomic E-state index is 4.64. The molecule has 3 rings (SSSR count). The Morgan fingerprint density at radius 2 is 0.955 bits per heavy atom. The zero-order valence-electron chi connectivity index (χ0n) is 14.4. The molecule has 114 valence electrons. The van der Waals surface area contributed by atoms with Crippen LogP contribution in [0.2, 0.25) is 0 Å². The first-order valence-electron chi connectivity index (χ1n) is 7.87. The third kappa shape index (κ3) is 2.37. The predicted molar refractivity (Wildman–Crippen MR) is 94.4 cm³/mol. The van der Waals surface area contributed by atoms with E-state index in [0.29, 0.717) is 0 Å². The summed E-state index contributed by atoms with van der Waals surface area (Å²) < 4.78 is 0. The van der Waals surface area contributed by atoms with Gasteiger partial charge in [0.15, 0.2) is 0 Å². The second-order valence-electron chi connectivity index (χ2n) is 8.07. The van der Waals surface area contributed by atoms with Crippen molar-refractivity contribution in [1.29, 1.82) is 0 Å². The lowest BCUT2D eigenvalue weighted by Gasteiger charge is -2.23. The van der Waals surface area contributed by atoms with E-state index in [1.807, 2.05) is 12.4 Å². The van der Waals surface area contributed by atoms with Crippen molar-refractivity contribution in [2.75, 3.05) is 0 Å². The van der Waals surface area contributed by atoms with Crippen LogP contribution in [0.25, 0.3) is 21.8 Å². The number of benzene rings is 1. The van der Waals surface area contributed by atoms with Gasteiger partial charge in [-0.2, -0.15) is 0 Å². The number of fused-ring (bicyclic) bond motifs is 3. The average molecular weight is 292 g/mol. The summed E-state index contributed by atoms with van der Waals surface area (Å²) in [6.07, 6.45) is 3.82. The molecule has 0 unspecified atom stereocenters. The predicted octanol–water partition coefficient (Wildman–Crippen LogP) is 5.38. The Morgan fingerprint density at radius 1 is 0.591 bits per heavy atom. The van der Waals surface area contributed by atoms with Gasteiger partial charge in [-0.3, -0.25) is 9.97 Å². The average Bonchev–Trinajstić information content (AvgIpc) is 2.43. The minimum atomic E-state index is 0.0938. The summed E-state index contributed by atoms with van der Waals surface area (Å²) in [6, 6.07) is 8.67. The number of hydrogen-bond donors (Lipinski definition) is 0. The summed E-state index contributed by atoms with van der Waals surface area (Å²) >= 11 is 0. The molecule has 0 bridgehead atoms. The molecule has 0 fully saturated rings. The first-order valence-corrected chi connectivity index (χ1v) is 7.87. The second-order valence-corrected chi connectivity index (χ2v) is 8.07. The van der Waals surface area contributed by atoms with Crippen LogP contribution in [0.5, 0.6) is 0 Å². The van der Waals surface area contributed by atoms with Crippen LogP contribution >= 0.6 is 0 Å². The van der Waals surface area contributed by atoms with E-state index in [0.717, 1.165) is 11.0 Å².